The summed E-state index contributed by atoms with van der Waals surface area (Å²) in [6.07, 6.45) is 6.33. The number of rotatable bonds is 7. The number of aromatic nitrogens is 1. The van der Waals surface area contributed by atoms with Gasteiger partial charge in [0.15, 0.2) is 12.4 Å². The molecule has 1 heterocycles. The van der Waals surface area contributed by atoms with Gasteiger partial charge >= 0.3 is 0 Å². The van der Waals surface area contributed by atoms with Gasteiger partial charge in [-0.2, -0.15) is 4.57 Å². The Morgan fingerprint density at radius 3 is 1.96 bits per heavy atom. The van der Waals surface area contributed by atoms with Gasteiger partial charge in [0.05, 0.1) is 0 Å². The zero-order valence-electron chi connectivity index (χ0n) is 15.6. The first kappa shape index (κ1) is 18.1. The molecule has 3 aromatic rings. The number of Topliss-reactive ketones (excluding diaryl/α,β-unsaturated/α-hetero) is 1. The minimum atomic E-state index is 0.130. The van der Waals surface area contributed by atoms with E-state index in [1.165, 1.54) is 5.56 Å². The number of hydrogen-bond acceptors (Lipinski definition) is 1. The van der Waals surface area contributed by atoms with Crippen LogP contribution in [0.15, 0.2) is 79.1 Å². The van der Waals surface area contributed by atoms with Gasteiger partial charge in [0.25, 0.3) is 0 Å². The monoisotopic (exact) mass is 344 g/mol. The van der Waals surface area contributed by atoms with Crippen LogP contribution in [0.1, 0.15) is 48.5 Å². The molecule has 0 unspecified atom stereocenters. The maximum atomic E-state index is 12.6. The third-order valence-corrected chi connectivity index (χ3v) is 5.01. The second-order valence-corrected chi connectivity index (χ2v) is 6.68. The van der Waals surface area contributed by atoms with Crippen molar-refractivity contribution in [3.8, 4) is 11.1 Å². The van der Waals surface area contributed by atoms with E-state index in [0.717, 1.165) is 29.5 Å². The van der Waals surface area contributed by atoms with E-state index >= 15 is 0 Å². The van der Waals surface area contributed by atoms with E-state index in [0.29, 0.717) is 12.5 Å². The number of carbonyl (C=O) groups is 1. The van der Waals surface area contributed by atoms with E-state index < -0.39 is 0 Å². The molecule has 0 amide bonds. The second kappa shape index (κ2) is 8.57. The molecule has 0 N–H and O–H groups in total. The predicted molar refractivity (Wildman–Crippen MR) is 106 cm³/mol. The molecule has 0 bridgehead atoms. The van der Waals surface area contributed by atoms with Crippen LogP contribution in [-0.4, -0.2) is 5.78 Å². The van der Waals surface area contributed by atoms with E-state index in [4.69, 9.17) is 0 Å². The smallest absolute Gasteiger partial charge is 0.227 e. The average Bonchev–Trinajstić information content (AvgIpc) is 2.71. The molecule has 0 atom stereocenters. The minimum absolute atomic E-state index is 0.130. The lowest BCUT2D eigenvalue weighted by molar-refractivity contribution is -0.683. The van der Waals surface area contributed by atoms with Gasteiger partial charge < -0.3 is 0 Å². The molecule has 0 aliphatic carbocycles. The van der Waals surface area contributed by atoms with E-state index in [-0.39, 0.29) is 5.78 Å². The predicted octanol–water partition coefficient (Wildman–Crippen LogP) is 5.43. The van der Waals surface area contributed by atoms with E-state index in [2.05, 4.69) is 38.1 Å². The normalized spacial score (nSPS) is 10.9. The van der Waals surface area contributed by atoms with Gasteiger partial charge in [0, 0.05) is 17.7 Å². The summed E-state index contributed by atoms with van der Waals surface area (Å²) >= 11 is 0. The van der Waals surface area contributed by atoms with Crippen molar-refractivity contribution in [1.82, 2.24) is 0 Å². The van der Waals surface area contributed by atoms with Crippen molar-refractivity contribution >= 4 is 5.78 Å². The van der Waals surface area contributed by atoms with Crippen molar-refractivity contribution in [1.29, 1.82) is 0 Å². The van der Waals surface area contributed by atoms with Gasteiger partial charge in [-0.05, 0) is 35.4 Å². The lowest BCUT2D eigenvalue weighted by Gasteiger charge is -2.11. The van der Waals surface area contributed by atoms with Crippen LogP contribution < -0.4 is 4.57 Å². The number of nitrogens with zero attached hydrogens (tertiary/aromatic N) is 1. The molecule has 26 heavy (non-hydrogen) atoms. The molecule has 2 nitrogen and oxygen atoms in total. The van der Waals surface area contributed by atoms with Gasteiger partial charge in [-0.1, -0.05) is 68.4 Å². The Morgan fingerprint density at radius 2 is 1.38 bits per heavy atom. The van der Waals surface area contributed by atoms with E-state index in [1.54, 1.807) is 0 Å². The second-order valence-electron chi connectivity index (χ2n) is 6.68. The number of carbonyl (C=O) groups excluding carboxylic acids is 1. The van der Waals surface area contributed by atoms with Crippen LogP contribution in [0.3, 0.4) is 0 Å². The average molecular weight is 344 g/mol. The molecule has 2 heteroatoms. The Bertz CT molecular complexity index is 832. The third kappa shape index (κ3) is 4.26. The maximum absolute atomic E-state index is 12.6. The summed E-state index contributed by atoms with van der Waals surface area (Å²) in [6, 6.07) is 22.4. The first-order valence-corrected chi connectivity index (χ1v) is 9.39. The van der Waals surface area contributed by atoms with Gasteiger partial charge in [-0.25, -0.2) is 0 Å². The Hall–Kier alpha value is -2.74. The highest BCUT2D eigenvalue weighted by Crippen LogP contribution is 2.21. The molecule has 3 rings (SSSR count). The molecule has 0 saturated carbocycles. The zero-order chi connectivity index (χ0) is 18.4. The number of benzene rings is 2. The van der Waals surface area contributed by atoms with Crippen LogP contribution >= 0.6 is 0 Å². The van der Waals surface area contributed by atoms with Crippen LogP contribution in [0.25, 0.3) is 11.1 Å². The summed E-state index contributed by atoms with van der Waals surface area (Å²) in [7, 11) is 0. The Kier molecular flexibility index (Phi) is 5.96. The third-order valence-electron chi connectivity index (χ3n) is 5.01. The summed E-state index contributed by atoms with van der Waals surface area (Å²) in [5, 5.41) is 0. The first-order chi connectivity index (χ1) is 12.7. The molecule has 0 aliphatic heterocycles. The number of pyridine rings is 1. The van der Waals surface area contributed by atoms with Crippen molar-refractivity contribution in [2.24, 2.45) is 0 Å². The quantitative estimate of drug-likeness (QED) is 0.414. The highest BCUT2D eigenvalue weighted by molar-refractivity contribution is 5.95. The van der Waals surface area contributed by atoms with Gasteiger partial charge in [0.1, 0.15) is 0 Å². The lowest BCUT2D eigenvalue weighted by atomic mass is 9.95. The Labute approximate surface area is 156 Å². The topological polar surface area (TPSA) is 20.9 Å². The maximum Gasteiger partial charge on any atom is 0.227 e. The molecule has 0 aliphatic rings. The van der Waals surface area contributed by atoms with E-state index in [9.17, 15) is 4.79 Å². The minimum Gasteiger partial charge on any atom is -0.287 e. The fourth-order valence-electron chi connectivity index (χ4n) is 3.34. The van der Waals surface area contributed by atoms with Gasteiger partial charge in [-0.3, -0.25) is 4.79 Å². The van der Waals surface area contributed by atoms with Crippen molar-refractivity contribution in [3.63, 3.8) is 0 Å². The zero-order valence-corrected chi connectivity index (χ0v) is 15.6. The Balaban J connectivity index is 1.68. The van der Waals surface area contributed by atoms with Gasteiger partial charge in [-0.15, -0.1) is 0 Å². The highest BCUT2D eigenvalue weighted by Gasteiger charge is 2.14. The molecule has 2 aromatic carbocycles. The van der Waals surface area contributed by atoms with Crippen LogP contribution in [0.5, 0.6) is 0 Å². The molecular weight excluding hydrogens is 318 g/mol. The lowest BCUT2D eigenvalue weighted by Crippen LogP contribution is -2.37. The van der Waals surface area contributed by atoms with Crippen LogP contribution in [0.2, 0.25) is 0 Å². The molecule has 0 radical (unpaired) electrons. The summed E-state index contributed by atoms with van der Waals surface area (Å²) in [4.78, 5) is 12.6. The largest absolute Gasteiger partial charge is 0.287 e. The highest BCUT2D eigenvalue weighted by atomic mass is 16.1. The van der Waals surface area contributed by atoms with Crippen molar-refractivity contribution in [2.45, 2.75) is 39.2 Å². The summed E-state index contributed by atoms with van der Waals surface area (Å²) in [6.45, 7) is 4.81. The summed E-state index contributed by atoms with van der Waals surface area (Å²) < 4.78 is 1.96. The molecule has 0 fully saturated rings. The van der Waals surface area contributed by atoms with Crippen molar-refractivity contribution in [2.75, 3.05) is 0 Å². The molecule has 0 saturated heterocycles. The van der Waals surface area contributed by atoms with Crippen LogP contribution in [0.4, 0.5) is 0 Å². The van der Waals surface area contributed by atoms with Crippen LogP contribution in [0, 0.1) is 0 Å². The first-order valence-electron chi connectivity index (χ1n) is 9.39. The number of ketones is 1. The van der Waals surface area contributed by atoms with Crippen molar-refractivity contribution < 1.29 is 9.36 Å². The summed E-state index contributed by atoms with van der Waals surface area (Å²) in [5.74, 6) is 0.732. The molecular formula is C24H26NO+. The Morgan fingerprint density at radius 1 is 0.808 bits per heavy atom. The molecule has 132 valence electrons. The van der Waals surface area contributed by atoms with Gasteiger partial charge in [0.2, 0.25) is 12.3 Å². The fraction of sp³-hybridized carbons (Fsp3) is 0.250. The van der Waals surface area contributed by atoms with Crippen molar-refractivity contribution in [3.05, 3.63) is 90.3 Å². The number of hydrogen-bond donors (Lipinski definition) is 0. The van der Waals surface area contributed by atoms with E-state index in [1.807, 2.05) is 59.4 Å². The molecule has 0 spiro atoms. The SMILES string of the molecule is CCC(CC)c1cc[n+](CC(=O)c2ccc(-c3ccccc3)cc2)cc1. The molecule has 1 aromatic heterocycles. The standard InChI is InChI=1S/C24H26NO/c1-3-19(4-2)22-14-16-25(17-15-22)18-24(26)23-12-10-21(11-13-23)20-8-6-5-7-9-20/h5-17,19H,3-4,18H2,1-2H3/q+1. The summed E-state index contributed by atoms with van der Waals surface area (Å²) in [5.41, 5.74) is 4.40. The van der Waals surface area contributed by atoms with Crippen LogP contribution in [-0.2, 0) is 6.54 Å². The fourth-order valence-corrected chi connectivity index (χ4v) is 3.34.